The Bertz CT molecular complexity index is 1020. The second kappa shape index (κ2) is 42.9. The molecule has 0 radical (unpaired) electrons. The van der Waals surface area contributed by atoms with Crippen LogP contribution in [0.4, 0.5) is 0 Å². The SMILES string of the molecule is CCCCCCCCCCCCCCCCOC(O)OCCCCCCCCCCCCCCCC.COOP(=O)(OC)OCC1CCC(N(C)/C=C(/C)C(=O)NC=O)O1. The number of aliphatic hydroxyl groups excluding tert-OH is 1. The Kier molecular flexibility index (Phi) is 41.9. The van der Waals surface area contributed by atoms with E-state index in [0.717, 1.165) is 12.8 Å². The van der Waals surface area contributed by atoms with Crippen molar-refractivity contribution in [2.24, 2.45) is 0 Å². The molecule has 3 atom stereocenters. The molecule has 1 rings (SSSR count). The molecule has 0 aliphatic carbocycles. The van der Waals surface area contributed by atoms with Gasteiger partial charge >= 0.3 is 7.82 Å². The highest BCUT2D eigenvalue weighted by atomic mass is 31.2. The second-order valence-electron chi connectivity index (χ2n) is 16.3. The van der Waals surface area contributed by atoms with Crippen LogP contribution >= 0.6 is 7.82 Å². The first-order valence-electron chi connectivity index (χ1n) is 23.9. The number of hydrogen-bond donors (Lipinski definition) is 2. The summed E-state index contributed by atoms with van der Waals surface area (Å²) in [4.78, 5) is 27.8. The summed E-state index contributed by atoms with van der Waals surface area (Å²) in [5.41, 5.74) is 0.366. The van der Waals surface area contributed by atoms with Gasteiger partial charge < -0.3 is 24.2 Å². The molecule has 0 aromatic carbocycles. The molecule has 3 unspecified atom stereocenters. The molecule has 1 fully saturated rings. The van der Waals surface area contributed by atoms with Crippen molar-refractivity contribution in [3.63, 3.8) is 0 Å². The van der Waals surface area contributed by atoms with Crippen LogP contribution in [0.2, 0.25) is 0 Å². The minimum absolute atomic E-state index is 0.00709. The number of phosphoric acid groups is 1. The molecule has 1 aliphatic heterocycles. The van der Waals surface area contributed by atoms with Gasteiger partial charge in [-0.2, -0.15) is 0 Å². The number of aliphatic hydroxyl groups is 1. The van der Waals surface area contributed by atoms with E-state index in [9.17, 15) is 19.3 Å². The highest BCUT2D eigenvalue weighted by molar-refractivity contribution is 7.48. The number of imide groups is 1. The number of carbonyl (C=O) groups is 2. The zero-order valence-electron chi connectivity index (χ0n) is 39.1. The number of rotatable bonds is 42. The molecule has 0 spiro atoms. The van der Waals surface area contributed by atoms with Gasteiger partial charge in [0, 0.05) is 25.9 Å². The Morgan fingerprint density at radius 2 is 1.12 bits per heavy atom. The molecule has 1 saturated heterocycles. The summed E-state index contributed by atoms with van der Waals surface area (Å²) >= 11 is 0. The molecule has 0 saturated carbocycles. The van der Waals surface area contributed by atoms with Crippen molar-refractivity contribution in [1.82, 2.24) is 10.2 Å². The third-order valence-electron chi connectivity index (χ3n) is 10.8. The molecule has 0 bridgehead atoms. The lowest BCUT2D eigenvalue weighted by molar-refractivity contribution is -0.263. The first kappa shape index (κ1) is 58.6. The number of nitrogens with zero attached hydrogens (tertiary/aromatic N) is 1. The highest BCUT2D eigenvalue weighted by Crippen LogP contribution is 2.49. The third-order valence-corrected chi connectivity index (χ3v) is 12.1. The van der Waals surface area contributed by atoms with E-state index in [1.54, 1.807) is 25.1 Å². The molecule has 1 heterocycles. The minimum Gasteiger partial charge on any atom is -0.355 e. The van der Waals surface area contributed by atoms with E-state index in [2.05, 4.69) is 33.3 Å². The van der Waals surface area contributed by atoms with Crippen LogP contribution < -0.4 is 5.32 Å². The van der Waals surface area contributed by atoms with Gasteiger partial charge in [-0.05, 0) is 32.6 Å². The molecule has 2 amide bonds. The zero-order valence-corrected chi connectivity index (χ0v) is 40.0. The topological polar surface area (TPSA) is 151 Å². The molecule has 1 aliphatic rings. The predicted molar refractivity (Wildman–Crippen MR) is 241 cm³/mol. The Hall–Kier alpha value is -1.41. The fourth-order valence-corrected chi connectivity index (χ4v) is 7.84. The molecule has 60 heavy (non-hydrogen) atoms. The highest BCUT2D eigenvalue weighted by Gasteiger charge is 2.32. The van der Waals surface area contributed by atoms with E-state index >= 15 is 0 Å². The van der Waals surface area contributed by atoms with E-state index in [1.165, 1.54) is 181 Å². The van der Waals surface area contributed by atoms with E-state index < -0.39 is 20.2 Å². The monoisotopic (exact) mass is 879 g/mol. The summed E-state index contributed by atoms with van der Waals surface area (Å²) in [5.74, 6) is -0.479. The molecule has 0 aromatic rings. The number of nitrogens with one attached hydrogen (secondary N) is 1. The van der Waals surface area contributed by atoms with Crippen molar-refractivity contribution in [1.29, 1.82) is 0 Å². The lowest BCUT2D eigenvalue weighted by Crippen LogP contribution is -2.30. The van der Waals surface area contributed by atoms with Crippen LogP contribution in [0.3, 0.4) is 0 Å². The second-order valence-corrected chi connectivity index (χ2v) is 17.9. The van der Waals surface area contributed by atoms with Crippen LogP contribution in [-0.2, 0) is 47.0 Å². The minimum atomic E-state index is -3.75. The average molecular weight is 879 g/mol. The number of unbranched alkanes of at least 4 members (excludes halogenated alkanes) is 26. The molecule has 14 heteroatoms. The van der Waals surface area contributed by atoms with Crippen LogP contribution in [0, 0.1) is 0 Å². The van der Waals surface area contributed by atoms with Crippen molar-refractivity contribution in [2.45, 2.75) is 232 Å². The lowest BCUT2D eigenvalue weighted by Gasteiger charge is -2.24. The number of phosphoric ester groups is 1. The molecule has 13 nitrogen and oxygen atoms in total. The quantitative estimate of drug-likeness (QED) is 0.0114. The van der Waals surface area contributed by atoms with Gasteiger partial charge in [-0.25, -0.2) is 9.45 Å². The fraction of sp³-hybridized carbons (Fsp3) is 0.913. The van der Waals surface area contributed by atoms with Gasteiger partial charge in [0.2, 0.25) is 6.41 Å². The predicted octanol–water partition coefficient (Wildman–Crippen LogP) is 12.2. The van der Waals surface area contributed by atoms with Crippen molar-refractivity contribution in [3.05, 3.63) is 11.8 Å². The largest absolute Gasteiger partial charge is 0.501 e. The molecular weight excluding hydrogens is 787 g/mol. The van der Waals surface area contributed by atoms with E-state index in [-0.39, 0.29) is 18.9 Å². The normalized spacial score (nSPS) is 16.4. The van der Waals surface area contributed by atoms with Gasteiger partial charge in [-0.15, -0.1) is 4.67 Å². The number of ether oxygens (including phenoxy) is 3. The first-order chi connectivity index (χ1) is 29.2. The maximum atomic E-state index is 11.9. The molecule has 2 N–H and O–H groups in total. The summed E-state index contributed by atoms with van der Waals surface area (Å²) in [6.07, 6.45) is 40.6. The summed E-state index contributed by atoms with van der Waals surface area (Å²) in [6.45, 7) is 6.35. The van der Waals surface area contributed by atoms with Crippen LogP contribution in [0.15, 0.2) is 11.8 Å². The van der Waals surface area contributed by atoms with Crippen molar-refractivity contribution >= 4 is 20.1 Å². The van der Waals surface area contributed by atoms with E-state index in [0.29, 0.717) is 38.0 Å². The van der Waals surface area contributed by atoms with Gasteiger partial charge in [-0.3, -0.25) is 24.0 Å². The van der Waals surface area contributed by atoms with Gasteiger partial charge in [0.15, 0.2) is 0 Å². The molecule has 0 aromatic heterocycles. The van der Waals surface area contributed by atoms with Crippen LogP contribution in [0.25, 0.3) is 0 Å². The maximum absolute atomic E-state index is 11.9. The van der Waals surface area contributed by atoms with E-state index in [4.69, 9.17) is 18.7 Å². The zero-order chi connectivity index (χ0) is 44.4. The summed E-state index contributed by atoms with van der Waals surface area (Å²) in [7, 11) is 0.377. The smallest absolute Gasteiger partial charge is 0.355 e. The number of carbonyl (C=O) groups excluding carboxylic acids is 2. The molecule has 356 valence electrons. The first-order valence-corrected chi connectivity index (χ1v) is 25.4. The Balaban J connectivity index is 0.00000125. The Morgan fingerprint density at radius 3 is 1.48 bits per heavy atom. The number of hydrogen-bond acceptors (Lipinski definition) is 12. The van der Waals surface area contributed by atoms with Gasteiger partial charge in [0.1, 0.15) is 6.23 Å². The molecular formula is C46H91N2O11P. The van der Waals surface area contributed by atoms with Crippen molar-refractivity contribution in [2.75, 3.05) is 41.1 Å². The summed E-state index contributed by atoms with van der Waals surface area (Å²) in [6, 6.07) is 0. The summed E-state index contributed by atoms with van der Waals surface area (Å²) < 4.78 is 42.7. The fourth-order valence-electron chi connectivity index (χ4n) is 7.10. The Morgan fingerprint density at radius 1 is 0.717 bits per heavy atom. The van der Waals surface area contributed by atoms with Crippen LogP contribution in [0.5, 0.6) is 0 Å². The van der Waals surface area contributed by atoms with Gasteiger partial charge in [0.05, 0.1) is 33.0 Å². The average Bonchev–Trinajstić information content (AvgIpc) is 3.73. The summed E-state index contributed by atoms with van der Waals surface area (Å²) in [5, 5.41) is 11.9. The van der Waals surface area contributed by atoms with E-state index in [1.807, 2.05) is 0 Å². The Labute approximate surface area is 366 Å². The van der Waals surface area contributed by atoms with Gasteiger partial charge in [-0.1, -0.05) is 181 Å². The third kappa shape index (κ3) is 36.1. The van der Waals surface area contributed by atoms with Gasteiger partial charge in [0.25, 0.3) is 12.4 Å². The van der Waals surface area contributed by atoms with Crippen molar-refractivity contribution < 1.29 is 52.1 Å². The standard InChI is InChI=1S/C33H68O3.C13H23N2O8P/c1-3-5-7-9-11-13-15-17-19-21-23-25-27-29-31-35-33(34)36-32-30-28-26-24-22-20-18-16-14-12-10-8-6-4-2;1-10(13(17)14-9-16)7-15(2)12-6-5-11(22-12)8-21-24(18,20-4)23-19-3/h33-34H,3-32H2,1-2H3;7,9,11-12H,5-6,8H2,1-4H3,(H,14,16,17)/b;10-7-. The maximum Gasteiger partial charge on any atom is 0.501 e. The van der Waals surface area contributed by atoms with Crippen LogP contribution in [0.1, 0.15) is 213 Å². The van der Waals surface area contributed by atoms with Crippen LogP contribution in [-0.4, -0.2) is 82.2 Å². The lowest BCUT2D eigenvalue weighted by atomic mass is 10.0. The number of amides is 2. The van der Waals surface area contributed by atoms with Crippen molar-refractivity contribution in [3.8, 4) is 0 Å².